The van der Waals surface area contributed by atoms with Crippen LogP contribution in [0.5, 0.6) is 11.5 Å². The van der Waals surface area contributed by atoms with Crippen molar-refractivity contribution in [2.45, 2.75) is 104 Å². The smallest absolute Gasteiger partial charge is 0.437 e. The van der Waals surface area contributed by atoms with Crippen LogP contribution in [0.25, 0.3) is 0 Å². The Bertz CT molecular complexity index is 2770. The number of halogens is 2. The molecule has 0 aliphatic heterocycles. The highest BCUT2D eigenvalue weighted by atomic mass is 35.5. The molecule has 0 aliphatic rings. The number of aryl methyl sites for hydroxylation is 2. The fourth-order valence-electron chi connectivity index (χ4n) is 7.37. The normalized spacial score (nSPS) is 11.6. The topological polar surface area (TPSA) is 417 Å². The number of anilines is 4. The quantitative estimate of drug-likeness (QED) is 0.0123. The van der Waals surface area contributed by atoms with Gasteiger partial charge in [-0.05, 0) is 135 Å². The van der Waals surface area contributed by atoms with Crippen LogP contribution in [-0.4, -0.2) is 152 Å². The summed E-state index contributed by atoms with van der Waals surface area (Å²) in [4.78, 5) is 86.4. The molecule has 7 amide bonds. The number of nitrogens with zero attached hydrogens (tertiary/aromatic N) is 6. The SMILES string of the molecule is C=C(/N=C(\NCCCCc1ccc(OCCOCCNC(=O)NCCCCNC(=O)NCCOCCOc2ccc(CCCCN/C(=N\C(=O)OC(C)(C)C)NC(=O)c3nc(Cl)c(N)nc3N)cc2)cc1)NC(=O)c1nc(Cl)c(N)nc1N)OC(C)(C)C. The van der Waals surface area contributed by atoms with E-state index in [9.17, 15) is 24.0 Å². The second kappa shape index (κ2) is 37.8. The Morgan fingerprint density at radius 2 is 0.852 bits per heavy atom. The number of nitrogens with two attached hydrogens (primary N) is 4. The third kappa shape index (κ3) is 30.1. The van der Waals surface area contributed by atoms with Crippen LogP contribution in [-0.2, 0) is 31.8 Å². The van der Waals surface area contributed by atoms with Gasteiger partial charge in [0.1, 0.15) is 35.9 Å². The third-order valence-electron chi connectivity index (χ3n) is 11.4. The van der Waals surface area contributed by atoms with E-state index in [0.29, 0.717) is 110 Å². The molecule has 0 saturated carbocycles. The molecule has 2 aromatic carbocycles. The summed E-state index contributed by atoms with van der Waals surface area (Å²) in [7, 11) is 0. The number of nitrogen functional groups attached to an aromatic ring is 4. The van der Waals surface area contributed by atoms with Crippen molar-refractivity contribution >= 4 is 88.4 Å². The van der Waals surface area contributed by atoms with E-state index in [4.69, 9.17) is 74.6 Å². The van der Waals surface area contributed by atoms with Crippen LogP contribution < -0.4 is 74.9 Å². The van der Waals surface area contributed by atoms with Gasteiger partial charge in [-0.1, -0.05) is 47.5 Å². The first-order valence-electron chi connectivity index (χ1n) is 28.5. The minimum atomic E-state index is -0.912. The summed E-state index contributed by atoms with van der Waals surface area (Å²) in [5.74, 6) is -0.757. The van der Waals surface area contributed by atoms with E-state index in [-0.39, 0.29) is 74.8 Å². The summed E-state index contributed by atoms with van der Waals surface area (Å²) < 4.78 is 33.8. The largest absolute Gasteiger partial charge is 0.491 e. The Labute approximate surface area is 522 Å². The highest BCUT2D eigenvalue weighted by Crippen LogP contribution is 2.20. The molecule has 0 atom stereocenters. The van der Waals surface area contributed by atoms with E-state index in [0.717, 1.165) is 43.2 Å². The van der Waals surface area contributed by atoms with Gasteiger partial charge >= 0.3 is 18.2 Å². The Morgan fingerprint density at radius 3 is 1.26 bits per heavy atom. The molecule has 4 aromatic rings. The van der Waals surface area contributed by atoms with Crippen molar-refractivity contribution in [3.8, 4) is 11.5 Å². The van der Waals surface area contributed by atoms with Crippen LogP contribution in [0.1, 0.15) is 112 Å². The maximum Gasteiger partial charge on any atom is 0.437 e. The number of rotatable bonds is 33. The molecule has 0 fully saturated rings. The molecule has 0 saturated heterocycles. The number of carbonyl (C=O) groups excluding carboxylic acids is 5. The summed E-state index contributed by atoms with van der Waals surface area (Å²) in [5, 5.41) is 21.9. The second-order valence-corrected chi connectivity index (χ2v) is 22.0. The zero-order valence-corrected chi connectivity index (χ0v) is 52.2. The highest BCUT2D eigenvalue weighted by molar-refractivity contribution is 6.32. The van der Waals surface area contributed by atoms with Gasteiger partial charge in [-0.2, -0.15) is 4.99 Å². The fourth-order valence-corrected chi connectivity index (χ4v) is 7.62. The molecule has 2 heterocycles. The Balaban J connectivity index is 0.948. The molecular weight excluding hydrogens is 1180 g/mol. The molecule has 16 N–H and O–H groups in total. The van der Waals surface area contributed by atoms with Gasteiger partial charge in [0.25, 0.3) is 11.8 Å². The number of unbranched alkanes of at least 4 members (excludes halogenated alkanes) is 3. The van der Waals surface area contributed by atoms with Gasteiger partial charge in [0, 0.05) is 39.3 Å². The first kappa shape index (κ1) is 71.8. The van der Waals surface area contributed by atoms with Crippen molar-refractivity contribution in [3.63, 3.8) is 0 Å². The zero-order chi connectivity index (χ0) is 64.5. The molecular formula is C57H84Cl2N18O11. The monoisotopic (exact) mass is 1270 g/mol. The van der Waals surface area contributed by atoms with Crippen LogP contribution >= 0.6 is 23.2 Å². The molecule has 482 valence electrons. The van der Waals surface area contributed by atoms with Gasteiger partial charge in [-0.15, -0.1) is 4.99 Å². The number of ether oxygens (including phenoxy) is 6. The number of hydrogen-bond acceptors (Lipinski definition) is 20. The molecule has 0 spiro atoms. The lowest BCUT2D eigenvalue weighted by atomic mass is 10.1. The van der Waals surface area contributed by atoms with E-state index >= 15 is 0 Å². The van der Waals surface area contributed by atoms with Crippen molar-refractivity contribution in [1.82, 2.24) is 62.5 Å². The summed E-state index contributed by atoms with van der Waals surface area (Å²) in [6.07, 6.45) is 5.00. The Hall–Kier alpha value is -8.67. The molecule has 31 heteroatoms. The van der Waals surface area contributed by atoms with E-state index < -0.39 is 29.1 Å². The Morgan fingerprint density at radius 1 is 0.477 bits per heavy atom. The van der Waals surface area contributed by atoms with Crippen molar-refractivity contribution < 1.29 is 52.4 Å². The summed E-state index contributed by atoms with van der Waals surface area (Å²) in [6.45, 7) is 18.8. The van der Waals surface area contributed by atoms with Crippen LogP contribution in [0.3, 0.4) is 0 Å². The number of aliphatic imine (C=N–C) groups is 2. The Kier molecular flexibility index (Phi) is 30.8. The minimum absolute atomic E-state index is 0.0860. The molecule has 0 aliphatic carbocycles. The molecule has 4 rings (SSSR count). The number of hydrogen-bond donors (Lipinski definition) is 12. The molecule has 0 unspecified atom stereocenters. The molecule has 0 radical (unpaired) electrons. The number of urea groups is 2. The van der Waals surface area contributed by atoms with Crippen LogP contribution in [0.4, 0.5) is 37.7 Å². The number of benzene rings is 2. The average Bonchev–Trinajstić information content (AvgIpc) is 3.59. The van der Waals surface area contributed by atoms with Crippen LogP contribution in [0.15, 0.2) is 71.0 Å². The zero-order valence-electron chi connectivity index (χ0n) is 50.7. The highest BCUT2D eigenvalue weighted by Gasteiger charge is 2.22. The molecule has 29 nitrogen and oxygen atoms in total. The van der Waals surface area contributed by atoms with Crippen molar-refractivity contribution in [2.75, 3.05) is 102 Å². The van der Waals surface area contributed by atoms with Gasteiger partial charge in [-0.25, -0.2) is 34.3 Å². The van der Waals surface area contributed by atoms with Crippen LogP contribution in [0.2, 0.25) is 10.3 Å². The minimum Gasteiger partial charge on any atom is -0.491 e. The van der Waals surface area contributed by atoms with Crippen molar-refractivity contribution in [1.29, 1.82) is 0 Å². The third-order valence-corrected chi connectivity index (χ3v) is 12.0. The molecule has 0 bridgehead atoms. The van der Waals surface area contributed by atoms with Crippen molar-refractivity contribution in [2.24, 2.45) is 9.98 Å². The summed E-state index contributed by atoms with van der Waals surface area (Å²) >= 11 is 11.9. The standard InChI is InChI=1S/C57H84Cl2N18O11/c1-36(87-56(2,3)4)70-51(75-49(78)41-45(60)73-47(62)43(58)71-41)64-24-10-8-14-37-16-20-39(21-17-37)85-34-32-83-30-28-68-53(80)66-26-12-13-27-67-54(81)69-29-31-84-33-35-86-40-22-18-38(19-23-40)15-9-11-25-65-52(77-55(82)88-57(5,6)7)76-50(79)42-46(61)74-48(63)44(59)72-42/h16-23H,1,8-15,24-35H2,2-7H3,(H4,60,62,73)(H4,61,63,74)(H2,66,68,80)(H2,67,69,81)(H2,64,70,75,78)(H2,65,76,77,79,82). The first-order chi connectivity index (χ1) is 41.8. The van der Waals surface area contributed by atoms with E-state index in [1.165, 1.54) is 0 Å². The van der Waals surface area contributed by atoms with Gasteiger partial charge in [0.15, 0.2) is 45.0 Å². The first-order valence-corrected chi connectivity index (χ1v) is 29.3. The number of guanidine groups is 2. The maximum atomic E-state index is 13.0. The number of carbonyl (C=O) groups is 5. The lowest BCUT2D eigenvalue weighted by molar-refractivity contribution is 0.0519. The summed E-state index contributed by atoms with van der Waals surface area (Å²) in [5.41, 5.74) is 23.3. The summed E-state index contributed by atoms with van der Waals surface area (Å²) in [6, 6.07) is 14.9. The predicted molar refractivity (Wildman–Crippen MR) is 337 cm³/mol. The fraction of sp³-hybridized carbons (Fsp3) is 0.491. The van der Waals surface area contributed by atoms with Crippen molar-refractivity contribution in [3.05, 3.63) is 93.8 Å². The number of aromatic nitrogens is 4. The van der Waals surface area contributed by atoms with Gasteiger partial charge < -0.3 is 83.3 Å². The number of amides is 7. The van der Waals surface area contributed by atoms with Gasteiger partial charge in [-0.3, -0.25) is 20.2 Å². The van der Waals surface area contributed by atoms with E-state index in [2.05, 4.69) is 79.0 Å². The lowest BCUT2D eigenvalue weighted by Crippen LogP contribution is -2.43. The lowest BCUT2D eigenvalue weighted by Gasteiger charge is -2.21. The van der Waals surface area contributed by atoms with Gasteiger partial charge in [0.2, 0.25) is 17.8 Å². The van der Waals surface area contributed by atoms with Gasteiger partial charge in [0.05, 0.1) is 26.4 Å². The average molecular weight is 1270 g/mol. The van der Waals surface area contributed by atoms with E-state index in [1.54, 1.807) is 20.8 Å². The van der Waals surface area contributed by atoms with E-state index in [1.807, 2.05) is 69.3 Å². The number of nitrogens with one attached hydrogen (secondary N) is 8. The van der Waals surface area contributed by atoms with Crippen LogP contribution in [0, 0.1) is 0 Å². The molecule has 2 aromatic heterocycles. The molecule has 88 heavy (non-hydrogen) atoms. The predicted octanol–water partition coefficient (Wildman–Crippen LogP) is 5.39. The maximum absolute atomic E-state index is 13.0. The second-order valence-electron chi connectivity index (χ2n) is 21.2.